The molecule has 35 heavy (non-hydrogen) atoms. The molecule has 2 N–H and O–H groups in total. The van der Waals surface area contributed by atoms with Gasteiger partial charge < -0.3 is 15.3 Å². The number of pyridine rings is 2. The number of nitrogens with zero attached hydrogens (tertiary/aromatic N) is 3. The average Bonchev–Trinajstić information content (AvgIpc) is 2.83. The Morgan fingerprint density at radius 1 is 1.11 bits per heavy atom. The lowest BCUT2D eigenvalue weighted by atomic mass is 9.66. The van der Waals surface area contributed by atoms with Crippen LogP contribution >= 0.6 is 11.6 Å². The maximum atomic E-state index is 13.6. The number of hydrogen-bond donors (Lipinski definition) is 2. The first-order valence-electron chi connectivity index (χ1n) is 11.8. The second-order valence-electron chi connectivity index (χ2n) is 10.2. The summed E-state index contributed by atoms with van der Waals surface area (Å²) in [4.78, 5) is 36.8. The molecule has 1 aliphatic heterocycles. The molecule has 0 unspecified atom stereocenters. The predicted molar refractivity (Wildman–Crippen MR) is 136 cm³/mol. The van der Waals surface area contributed by atoms with Gasteiger partial charge in [-0.1, -0.05) is 51.4 Å². The molecular formula is C27H31ClN4O3. The van der Waals surface area contributed by atoms with Gasteiger partial charge in [-0.25, -0.2) is 4.98 Å². The zero-order valence-corrected chi connectivity index (χ0v) is 21.2. The van der Waals surface area contributed by atoms with Crippen molar-refractivity contribution in [3.63, 3.8) is 0 Å². The smallest absolute Gasteiger partial charge is 0.270 e. The summed E-state index contributed by atoms with van der Waals surface area (Å²) in [5, 5.41) is 16.0. The van der Waals surface area contributed by atoms with E-state index in [0.29, 0.717) is 30.0 Å². The van der Waals surface area contributed by atoms with E-state index in [1.807, 2.05) is 39.8 Å². The number of carbonyl (C=O) groups excluding carboxylic acids is 2. The highest BCUT2D eigenvalue weighted by molar-refractivity contribution is 6.30. The molecule has 0 aliphatic carbocycles. The molecule has 2 amide bonds. The largest absolute Gasteiger partial charge is 0.384 e. The molecule has 1 saturated heterocycles. The number of nitrogens with one attached hydrogen (secondary N) is 1. The summed E-state index contributed by atoms with van der Waals surface area (Å²) in [5.41, 5.74) is -0.0221. The predicted octanol–water partition coefficient (Wildman–Crippen LogP) is 4.18. The Morgan fingerprint density at radius 3 is 2.49 bits per heavy atom. The minimum atomic E-state index is -1.10. The topological polar surface area (TPSA) is 95.4 Å². The fraction of sp³-hybridized carbons (Fsp3) is 0.407. The lowest BCUT2D eigenvalue weighted by molar-refractivity contribution is -0.155. The number of fused-ring (bicyclic) bond motifs is 1. The summed E-state index contributed by atoms with van der Waals surface area (Å²) in [5.74, 6) is -0.689. The van der Waals surface area contributed by atoms with Crippen LogP contribution in [-0.2, 0) is 10.4 Å². The van der Waals surface area contributed by atoms with Gasteiger partial charge in [0.2, 0.25) is 5.91 Å². The monoisotopic (exact) mass is 494 g/mol. The van der Waals surface area contributed by atoms with Crippen molar-refractivity contribution in [1.29, 1.82) is 0 Å². The first-order chi connectivity index (χ1) is 16.5. The molecule has 3 aromatic rings. The van der Waals surface area contributed by atoms with Crippen molar-refractivity contribution >= 4 is 34.3 Å². The number of benzene rings is 1. The fourth-order valence-electron chi connectivity index (χ4n) is 4.79. The van der Waals surface area contributed by atoms with Crippen LogP contribution in [0.15, 0.2) is 54.9 Å². The van der Waals surface area contributed by atoms with Crippen LogP contribution in [0.4, 0.5) is 0 Å². The van der Waals surface area contributed by atoms with E-state index in [2.05, 4.69) is 15.3 Å². The van der Waals surface area contributed by atoms with Gasteiger partial charge in [-0.15, -0.1) is 0 Å². The first-order valence-corrected chi connectivity index (χ1v) is 12.2. The van der Waals surface area contributed by atoms with Crippen molar-refractivity contribution in [2.75, 3.05) is 13.1 Å². The molecule has 4 rings (SSSR count). The molecule has 0 saturated carbocycles. The van der Waals surface area contributed by atoms with Crippen LogP contribution in [-0.4, -0.2) is 50.9 Å². The normalized spacial score (nSPS) is 20.6. The van der Waals surface area contributed by atoms with Crippen LogP contribution in [0.5, 0.6) is 0 Å². The van der Waals surface area contributed by atoms with Crippen LogP contribution < -0.4 is 5.32 Å². The van der Waals surface area contributed by atoms with Crippen molar-refractivity contribution in [1.82, 2.24) is 20.2 Å². The van der Waals surface area contributed by atoms with Gasteiger partial charge >= 0.3 is 0 Å². The van der Waals surface area contributed by atoms with E-state index in [1.54, 1.807) is 47.6 Å². The Morgan fingerprint density at radius 2 is 1.83 bits per heavy atom. The van der Waals surface area contributed by atoms with Crippen LogP contribution in [0.2, 0.25) is 5.02 Å². The molecule has 1 aromatic carbocycles. The summed E-state index contributed by atoms with van der Waals surface area (Å²) in [7, 11) is 0. The van der Waals surface area contributed by atoms with Crippen molar-refractivity contribution in [2.45, 2.75) is 45.8 Å². The van der Waals surface area contributed by atoms with Crippen molar-refractivity contribution in [2.24, 2.45) is 11.3 Å². The Hall–Kier alpha value is -3.03. The van der Waals surface area contributed by atoms with Crippen LogP contribution in [0.25, 0.3) is 10.9 Å². The van der Waals surface area contributed by atoms with Crippen LogP contribution in [0.1, 0.15) is 50.2 Å². The fourth-order valence-corrected chi connectivity index (χ4v) is 4.91. The Balaban J connectivity index is 1.51. The molecule has 0 radical (unpaired) electrons. The van der Waals surface area contributed by atoms with Crippen molar-refractivity contribution < 1.29 is 14.7 Å². The van der Waals surface area contributed by atoms with Crippen LogP contribution in [0, 0.1) is 11.3 Å². The van der Waals surface area contributed by atoms with Gasteiger partial charge in [-0.3, -0.25) is 14.6 Å². The van der Waals surface area contributed by atoms with Gasteiger partial charge in [0, 0.05) is 41.3 Å². The molecule has 7 nitrogen and oxygen atoms in total. The number of likely N-dealkylation sites (tertiary alicyclic amines) is 1. The number of carbonyl (C=O) groups is 2. The Labute approximate surface area is 210 Å². The van der Waals surface area contributed by atoms with E-state index < -0.39 is 23.0 Å². The molecule has 184 valence electrons. The van der Waals surface area contributed by atoms with Crippen molar-refractivity contribution in [3.05, 3.63) is 71.1 Å². The third-order valence-corrected chi connectivity index (χ3v) is 7.28. The minimum Gasteiger partial charge on any atom is -0.384 e. The molecular weight excluding hydrogens is 464 g/mol. The number of aromatic nitrogens is 2. The number of rotatable bonds is 5. The quantitative estimate of drug-likeness (QED) is 0.554. The highest BCUT2D eigenvalue weighted by Crippen LogP contribution is 2.46. The zero-order valence-electron chi connectivity index (χ0n) is 20.5. The first kappa shape index (κ1) is 25.1. The molecule has 2 aromatic heterocycles. The Kier molecular flexibility index (Phi) is 6.84. The summed E-state index contributed by atoms with van der Waals surface area (Å²) in [6.45, 7) is 8.45. The Bertz CT molecular complexity index is 1240. The number of halogens is 1. The van der Waals surface area contributed by atoms with Gasteiger partial charge in [0.25, 0.3) is 5.91 Å². The SMILES string of the molecule is CC(C)[C@@H](NC(=O)c1ccc2cnccc2n1)C(=O)N1CC[C@](O)(c2ccc(Cl)cc2)C(C)(C)C1. The lowest BCUT2D eigenvalue weighted by Gasteiger charge is -2.51. The number of piperidine rings is 1. The van der Waals surface area contributed by atoms with Crippen molar-refractivity contribution in [3.8, 4) is 0 Å². The van der Waals surface area contributed by atoms with E-state index >= 15 is 0 Å². The molecule has 8 heteroatoms. The maximum Gasteiger partial charge on any atom is 0.270 e. The van der Waals surface area contributed by atoms with Gasteiger partial charge in [-0.05, 0) is 48.2 Å². The summed E-state index contributed by atoms with van der Waals surface area (Å²) in [6.07, 6.45) is 3.70. The van der Waals surface area contributed by atoms with Gasteiger partial charge in [0.15, 0.2) is 0 Å². The van der Waals surface area contributed by atoms with E-state index in [-0.39, 0.29) is 17.5 Å². The van der Waals surface area contributed by atoms with Gasteiger partial charge in [0.05, 0.1) is 11.1 Å². The summed E-state index contributed by atoms with van der Waals surface area (Å²) >= 11 is 6.03. The molecule has 0 bridgehead atoms. The highest BCUT2D eigenvalue weighted by atomic mass is 35.5. The molecule has 0 spiro atoms. The summed E-state index contributed by atoms with van der Waals surface area (Å²) < 4.78 is 0. The molecule has 2 atom stereocenters. The van der Waals surface area contributed by atoms with Gasteiger partial charge in [-0.2, -0.15) is 0 Å². The maximum absolute atomic E-state index is 13.6. The minimum absolute atomic E-state index is 0.128. The van der Waals surface area contributed by atoms with E-state index in [4.69, 9.17) is 11.6 Å². The number of hydrogen-bond acceptors (Lipinski definition) is 5. The van der Waals surface area contributed by atoms with E-state index in [1.165, 1.54) is 0 Å². The van der Waals surface area contributed by atoms with E-state index in [0.717, 1.165) is 10.9 Å². The second-order valence-corrected chi connectivity index (χ2v) is 10.7. The molecule has 1 aliphatic rings. The van der Waals surface area contributed by atoms with E-state index in [9.17, 15) is 14.7 Å². The van der Waals surface area contributed by atoms with Crippen LogP contribution in [0.3, 0.4) is 0 Å². The zero-order chi connectivity index (χ0) is 25.4. The lowest BCUT2D eigenvalue weighted by Crippen LogP contribution is -2.60. The second kappa shape index (κ2) is 9.55. The number of amides is 2. The number of aliphatic hydroxyl groups is 1. The molecule has 1 fully saturated rings. The summed E-state index contributed by atoms with van der Waals surface area (Å²) in [6, 6.07) is 11.7. The molecule has 3 heterocycles. The average molecular weight is 495 g/mol. The third-order valence-electron chi connectivity index (χ3n) is 7.02. The highest BCUT2D eigenvalue weighted by Gasteiger charge is 2.50. The van der Waals surface area contributed by atoms with Gasteiger partial charge in [0.1, 0.15) is 11.7 Å². The third kappa shape index (κ3) is 4.88. The standard InChI is InChI=1S/C27H31ClN4O3/c1-17(2)23(31-24(33)22-10-5-18-15-29-13-11-21(18)30-22)25(34)32-14-12-27(35,26(3,4)16-32)19-6-8-20(28)9-7-19/h5-11,13,15,17,23,35H,12,14,16H2,1-4H3,(H,31,33)/t23-,27+/m1/s1.